The van der Waals surface area contributed by atoms with E-state index in [0.29, 0.717) is 35.1 Å². The number of pyridine rings is 1. The lowest BCUT2D eigenvalue weighted by Crippen LogP contribution is -2.62. The van der Waals surface area contributed by atoms with E-state index >= 15 is 0 Å². The second-order valence-corrected chi connectivity index (χ2v) is 17.9. The van der Waals surface area contributed by atoms with Crippen molar-refractivity contribution in [2.75, 3.05) is 13.3 Å². The fourth-order valence-electron chi connectivity index (χ4n) is 6.07. The summed E-state index contributed by atoms with van der Waals surface area (Å²) in [5.74, 6) is -1.33. The monoisotopic (exact) mass is 763 g/mol. The van der Waals surface area contributed by atoms with Crippen LogP contribution in [0.25, 0.3) is 10.8 Å². The lowest BCUT2D eigenvalue weighted by Gasteiger charge is -2.36. The van der Waals surface area contributed by atoms with Crippen LogP contribution in [0.15, 0.2) is 31.0 Å². The largest absolute Gasteiger partial charge is 0.484 e. The molecule has 0 radical (unpaired) electrons. The Hall–Kier alpha value is -4.31. The molecule has 2 aliphatic heterocycles. The zero-order valence-corrected chi connectivity index (χ0v) is 31.9. The molecule has 1 aromatic carbocycles. The van der Waals surface area contributed by atoms with E-state index in [9.17, 15) is 27.6 Å². The van der Waals surface area contributed by atoms with Crippen LogP contribution in [0.3, 0.4) is 0 Å². The number of carbonyl (C=O) groups is 4. The molecule has 2 fully saturated rings. The van der Waals surface area contributed by atoms with Crippen LogP contribution in [0.2, 0.25) is 5.15 Å². The Morgan fingerprint density at radius 1 is 1.10 bits per heavy atom. The molecule has 1 aromatic heterocycles. The van der Waals surface area contributed by atoms with Crippen LogP contribution >= 0.6 is 11.6 Å². The predicted octanol–water partition coefficient (Wildman–Crippen LogP) is 3.96. The molecule has 0 spiro atoms. The first kappa shape index (κ1) is 38.9. The molecule has 17 heteroatoms. The van der Waals surface area contributed by atoms with E-state index in [2.05, 4.69) is 26.9 Å². The minimum absolute atomic E-state index is 0.0541. The molecule has 3 N–H and O–H groups in total. The van der Waals surface area contributed by atoms with Crippen molar-refractivity contribution in [1.29, 1.82) is 0 Å². The summed E-state index contributed by atoms with van der Waals surface area (Å²) >= 11 is 6.42. The van der Waals surface area contributed by atoms with Crippen LogP contribution in [0.1, 0.15) is 74.1 Å². The topological polar surface area (TPSA) is 192 Å². The SMILES string of the molecule is C=CC[C@](C)(NC(=O)[C@@H]1C[C@@H](Oc2cc3c(Cl)nccc3c3c2OCO3)CN1C(=O)[C@@H](NC(=O)OC(C)(C)C)C(C)(C)C)C(=O)NS(=O)(=O)C1CC1. The number of alkyl carbamates (subject to hydrolysis) is 1. The predicted molar refractivity (Wildman–Crippen MR) is 191 cm³/mol. The fraction of sp³-hybridized carbons (Fsp3) is 0.571. The highest BCUT2D eigenvalue weighted by Gasteiger charge is 2.49. The average Bonchev–Trinajstić information content (AvgIpc) is 3.63. The molecule has 284 valence electrons. The fourth-order valence-corrected chi connectivity index (χ4v) is 7.69. The number of rotatable bonds is 11. The van der Waals surface area contributed by atoms with Gasteiger partial charge in [-0.25, -0.2) is 18.2 Å². The molecule has 4 atom stereocenters. The number of benzene rings is 1. The quantitative estimate of drug-likeness (QED) is 0.222. The molecule has 3 aliphatic rings. The third kappa shape index (κ3) is 8.49. The van der Waals surface area contributed by atoms with Gasteiger partial charge in [-0.2, -0.15) is 0 Å². The summed E-state index contributed by atoms with van der Waals surface area (Å²) in [5.41, 5.74) is -3.45. The van der Waals surface area contributed by atoms with Gasteiger partial charge in [0.1, 0.15) is 34.5 Å². The number of nitrogens with zero attached hydrogens (tertiary/aromatic N) is 2. The van der Waals surface area contributed by atoms with E-state index in [0.717, 1.165) is 0 Å². The van der Waals surface area contributed by atoms with Gasteiger partial charge < -0.3 is 34.5 Å². The Bertz CT molecular complexity index is 1890. The molecule has 4 amide bonds. The number of ether oxygens (including phenoxy) is 4. The van der Waals surface area contributed by atoms with Gasteiger partial charge in [0.15, 0.2) is 11.5 Å². The Kier molecular flexibility index (Phi) is 10.7. The van der Waals surface area contributed by atoms with Gasteiger partial charge in [-0.1, -0.05) is 38.4 Å². The van der Waals surface area contributed by atoms with E-state index < -0.39 is 73.8 Å². The van der Waals surface area contributed by atoms with Gasteiger partial charge in [0.25, 0.3) is 5.91 Å². The summed E-state index contributed by atoms with van der Waals surface area (Å²) in [6.45, 7) is 15.2. The second kappa shape index (κ2) is 14.3. The number of carbonyl (C=O) groups excluding carboxylic acids is 4. The average molecular weight is 764 g/mol. The molecule has 3 heterocycles. The molecule has 0 bridgehead atoms. The number of nitrogens with one attached hydrogen (secondary N) is 3. The Balaban J connectivity index is 1.48. The van der Waals surface area contributed by atoms with Crippen LogP contribution in [0, 0.1) is 5.41 Å². The number of fused-ring (bicyclic) bond motifs is 3. The first-order valence-electron chi connectivity index (χ1n) is 17.0. The van der Waals surface area contributed by atoms with Crippen LogP contribution in [-0.2, 0) is 29.1 Å². The van der Waals surface area contributed by atoms with Gasteiger partial charge in [0.05, 0.1) is 11.8 Å². The minimum Gasteiger partial charge on any atom is -0.484 e. The molecule has 15 nitrogen and oxygen atoms in total. The van der Waals surface area contributed by atoms with Crippen molar-refractivity contribution < 1.29 is 46.5 Å². The van der Waals surface area contributed by atoms with Crippen LogP contribution in [0.5, 0.6) is 17.2 Å². The molecular formula is C35H46ClN5O10S. The summed E-state index contributed by atoms with van der Waals surface area (Å²) in [4.78, 5) is 60.5. The molecule has 1 aliphatic carbocycles. The third-order valence-corrected chi connectivity index (χ3v) is 11.0. The van der Waals surface area contributed by atoms with Crippen LogP contribution in [-0.4, -0.2) is 90.0 Å². The highest BCUT2D eigenvalue weighted by Crippen LogP contribution is 2.48. The third-order valence-electron chi connectivity index (χ3n) is 8.87. The summed E-state index contributed by atoms with van der Waals surface area (Å²) < 4.78 is 50.8. The van der Waals surface area contributed by atoms with Gasteiger partial charge >= 0.3 is 6.09 Å². The number of amides is 4. The van der Waals surface area contributed by atoms with Gasteiger partial charge in [-0.05, 0) is 64.5 Å². The van der Waals surface area contributed by atoms with Crippen LogP contribution < -0.4 is 29.6 Å². The Morgan fingerprint density at radius 3 is 2.38 bits per heavy atom. The smallest absolute Gasteiger partial charge is 0.408 e. The summed E-state index contributed by atoms with van der Waals surface area (Å²) in [7, 11) is -3.94. The highest BCUT2D eigenvalue weighted by molar-refractivity contribution is 7.91. The maximum Gasteiger partial charge on any atom is 0.408 e. The Labute approximate surface area is 308 Å². The molecule has 0 unspecified atom stereocenters. The van der Waals surface area contributed by atoms with Crippen molar-refractivity contribution in [1.82, 2.24) is 25.2 Å². The van der Waals surface area contributed by atoms with Crippen molar-refractivity contribution in [3.8, 4) is 17.2 Å². The molecule has 1 saturated carbocycles. The first-order chi connectivity index (χ1) is 24.1. The minimum atomic E-state index is -3.94. The van der Waals surface area contributed by atoms with Gasteiger partial charge in [-0.3, -0.25) is 19.1 Å². The second-order valence-electron chi connectivity index (χ2n) is 15.6. The number of halogens is 1. The van der Waals surface area contributed by atoms with Crippen molar-refractivity contribution >= 4 is 56.2 Å². The number of hydrogen-bond acceptors (Lipinski definition) is 11. The zero-order chi connectivity index (χ0) is 38.4. The normalized spacial score (nSPS) is 20.4. The van der Waals surface area contributed by atoms with Crippen LogP contribution in [0.4, 0.5) is 4.79 Å². The number of hydrogen-bond donors (Lipinski definition) is 3. The maximum absolute atomic E-state index is 14.5. The van der Waals surface area contributed by atoms with Crippen molar-refractivity contribution in [2.24, 2.45) is 5.41 Å². The molecule has 5 rings (SSSR count). The van der Waals surface area contributed by atoms with Gasteiger partial charge in [-0.15, -0.1) is 6.58 Å². The zero-order valence-electron chi connectivity index (χ0n) is 30.3. The molecule has 1 saturated heterocycles. The highest BCUT2D eigenvalue weighted by atomic mass is 35.5. The standard InChI is InChI=1S/C35H46ClN5O10S/c1-9-13-35(8,31(44)40-52(46,47)20-10-11-20)39-29(42)23-15-19(17-41(23)30(43)27(33(2,3)4)38-32(45)51-34(5,6)7)50-24-16-22-21(12-14-37-28(22)36)25-26(24)49-18-48-25/h9,12,14,16,19-20,23,27H,1,10-11,13,15,17-18H2,2-8H3,(H,38,45)(H,39,42)(H,40,44)/t19-,23+,27-,35+/m1/s1. The van der Waals surface area contributed by atoms with Crippen molar-refractivity contribution in [3.63, 3.8) is 0 Å². The molecule has 2 aromatic rings. The van der Waals surface area contributed by atoms with E-state index in [4.69, 9.17) is 30.5 Å². The summed E-state index contributed by atoms with van der Waals surface area (Å²) in [5, 5.41) is 6.08. The Morgan fingerprint density at radius 2 is 1.77 bits per heavy atom. The van der Waals surface area contributed by atoms with E-state index in [-0.39, 0.29) is 37.1 Å². The lowest BCUT2D eigenvalue weighted by molar-refractivity contribution is -0.143. The van der Waals surface area contributed by atoms with Gasteiger partial charge in [0.2, 0.25) is 34.4 Å². The molecular weight excluding hydrogens is 718 g/mol. The number of sulfonamides is 1. The molecule has 52 heavy (non-hydrogen) atoms. The maximum atomic E-state index is 14.5. The van der Waals surface area contributed by atoms with E-state index in [1.54, 1.807) is 53.7 Å². The van der Waals surface area contributed by atoms with E-state index in [1.165, 1.54) is 24.1 Å². The van der Waals surface area contributed by atoms with E-state index in [1.807, 2.05) is 0 Å². The van der Waals surface area contributed by atoms with Crippen molar-refractivity contribution in [2.45, 2.75) is 109 Å². The van der Waals surface area contributed by atoms with Gasteiger partial charge in [0, 0.05) is 23.4 Å². The number of aromatic nitrogens is 1. The van der Waals surface area contributed by atoms with Crippen molar-refractivity contribution in [3.05, 3.63) is 36.1 Å². The summed E-state index contributed by atoms with van der Waals surface area (Å²) in [6, 6.07) is 0.988. The number of likely N-dealkylation sites (tertiary alicyclic amines) is 1. The summed E-state index contributed by atoms with van der Waals surface area (Å²) in [6.07, 6.45) is 1.98. The first-order valence-corrected chi connectivity index (χ1v) is 18.9. The lowest BCUT2D eigenvalue weighted by atomic mass is 9.85.